The van der Waals surface area contributed by atoms with Crippen molar-refractivity contribution in [1.29, 1.82) is 0 Å². The Balaban J connectivity index is 4.29. The van der Waals surface area contributed by atoms with Gasteiger partial charge in [0.2, 0.25) is 0 Å². The number of hydrogen-bond donors (Lipinski definition) is 0. The molecule has 0 aromatic carbocycles. The molecule has 0 aromatic rings. The summed E-state index contributed by atoms with van der Waals surface area (Å²) in [7, 11) is 0. The molecule has 0 saturated carbocycles. The number of allylic oxidation sites excluding steroid dienone is 12. The van der Waals surface area contributed by atoms with Crippen molar-refractivity contribution in [3.8, 4) is 0 Å². The summed E-state index contributed by atoms with van der Waals surface area (Å²) in [5, 5.41) is 0. The molecule has 0 bridgehead atoms. The molecule has 0 heterocycles. The largest absolute Gasteiger partial charge is 0.462 e. The number of carbonyl (C=O) groups is 2. The van der Waals surface area contributed by atoms with Gasteiger partial charge in [0, 0.05) is 19.4 Å². The van der Waals surface area contributed by atoms with Gasteiger partial charge in [-0.1, -0.05) is 241 Å². The highest BCUT2D eigenvalue weighted by Crippen LogP contribution is 2.15. The third-order valence-corrected chi connectivity index (χ3v) is 12.7. The summed E-state index contributed by atoms with van der Waals surface area (Å²) in [5.41, 5.74) is 0. The van der Waals surface area contributed by atoms with Crippen LogP contribution < -0.4 is 0 Å². The number of carbonyl (C=O) groups excluding carboxylic acids is 2. The second kappa shape index (κ2) is 58.7. The van der Waals surface area contributed by atoms with Gasteiger partial charge in [-0.3, -0.25) is 9.59 Å². The van der Waals surface area contributed by atoms with E-state index in [2.05, 4.69) is 93.7 Å². The molecular weight excluding hydrogens is 837 g/mol. The summed E-state index contributed by atoms with van der Waals surface area (Å²) < 4.78 is 17.5. The number of esters is 2. The molecule has 0 aromatic heterocycles. The maximum absolute atomic E-state index is 12.9. The quantitative estimate of drug-likeness (QED) is 0.0345. The number of hydrogen-bond acceptors (Lipinski definition) is 5. The molecule has 0 radical (unpaired) electrons. The minimum Gasteiger partial charge on any atom is -0.462 e. The molecule has 0 aliphatic heterocycles. The topological polar surface area (TPSA) is 61.8 Å². The van der Waals surface area contributed by atoms with Gasteiger partial charge >= 0.3 is 11.9 Å². The van der Waals surface area contributed by atoms with Crippen LogP contribution in [0.1, 0.15) is 290 Å². The van der Waals surface area contributed by atoms with Gasteiger partial charge in [-0.2, -0.15) is 0 Å². The lowest BCUT2D eigenvalue weighted by atomic mass is 10.1. The Labute approximate surface area is 423 Å². The minimum atomic E-state index is -0.550. The Bertz CT molecular complexity index is 1210. The third kappa shape index (κ3) is 55.9. The number of ether oxygens (including phenoxy) is 3. The third-order valence-electron chi connectivity index (χ3n) is 12.7. The molecule has 0 aliphatic carbocycles. The van der Waals surface area contributed by atoms with Crippen LogP contribution in [0, 0.1) is 0 Å². The van der Waals surface area contributed by atoms with Crippen LogP contribution in [-0.4, -0.2) is 37.9 Å². The monoisotopic (exact) mass is 949 g/mol. The summed E-state index contributed by atoms with van der Waals surface area (Å²) in [6.07, 6.45) is 76.3. The fourth-order valence-corrected chi connectivity index (χ4v) is 8.32. The Kier molecular flexibility index (Phi) is 56.4. The van der Waals surface area contributed by atoms with Crippen LogP contribution in [0.3, 0.4) is 0 Å². The summed E-state index contributed by atoms with van der Waals surface area (Å²) in [4.78, 5) is 25.6. The average Bonchev–Trinajstić information content (AvgIpc) is 3.34. The lowest BCUT2D eigenvalue weighted by Crippen LogP contribution is -2.30. The first-order valence-electron chi connectivity index (χ1n) is 29.5. The van der Waals surface area contributed by atoms with E-state index in [0.717, 1.165) is 77.0 Å². The van der Waals surface area contributed by atoms with Crippen LogP contribution in [0.5, 0.6) is 0 Å². The van der Waals surface area contributed by atoms with Crippen molar-refractivity contribution >= 4 is 11.9 Å². The van der Waals surface area contributed by atoms with E-state index < -0.39 is 6.10 Å². The van der Waals surface area contributed by atoms with Crippen molar-refractivity contribution in [1.82, 2.24) is 0 Å². The summed E-state index contributed by atoms with van der Waals surface area (Å²) >= 11 is 0. The fraction of sp³-hybridized carbons (Fsp3) is 0.778. The molecule has 0 saturated heterocycles. The summed E-state index contributed by atoms with van der Waals surface area (Å²) in [5.74, 6) is -0.406. The van der Waals surface area contributed by atoms with Crippen LogP contribution in [0.15, 0.2) is 72.9 Å². The van der Waals surface area contributed by atoms with Gasteiger partial charge in [-0.05, 0) is 109 Å². The van der Waals surface area contributed by atoms with Crippen LogP contribution in [-0.2, 0) is 23.8 Å². The zero-order valence-electron chi connectivity index (χ0n) is 45.4. The minimum absolute atomic E-state index is 0.0752. The average molecular weight is 950 g/mol. The van der Waals surface area contributed by atoms with Gasteiger partial charge in [0.1, 0.15) is 6.61 Å². The van der Waals surface area contributed by atoms with Crippen molar-refractivity contribution in [2.45, 2.75) is 297 Å². The highest BCUT2D eigenvalue weighted by atomic mass is 16.6. The molecule has 0 spiro atoms. The summed E-state index contributed by atoms with van der Waals surface area (Å²) in [6.45, 7) is 7.69. The van der Waals surface area contributed by atoms with E-state index in [4.69, 9.17) is 14.2 Å². The smallest absolute Gasteiger partial charge is 0.306 e. The highest BCUT2D eigenvalue weighted by Gasteiger charge is 2.17. The Morgan fingerprint density at radius 1 is 0.338 bits per heavy atom. The van der Waals surface area contributed by atoms with Crippen LogP contribution in [0.4, 0.5) is 0 Å². The molecular formula is C63H112O5. The molecule has 68 heavy (non-hydrogen) atoms. The molecule has 0 rings (SSSR count). The van der Waals surface area contributed by atoms with E-state index in [1.165, 1.54) is 180 Å². The molecule has 394 valence electrons. The maximum atomic E-state index is 12.9. The van der Waals surface area contributed by atoms with E-state index in [1.54, 1.807) is 0 Å². The first-order valence-corrected chi connectivity index (χ1v) is 29.5. The standard InChI is InChI=1S/C63H112O5/c1-4-7-10-13-16-19-22-25-28-31-32-34-35-38-41-44-47-50-53-56-62(64)67-60-61(59-66-58-55-52-49-46-43-40-37-30-27-24-21-18-15-12-9-6-3)68-63(65)57-54-51-48-45-42-39-36-33-29-26-23-20-17-14-11-8-5-2/h9,12,16,18-19,21,25-30,61H,4-8,10-11,13-15,17,20,22-24,31-60H2,1-3H3/b12-9-,19-16-,21-18-,28-25-,29-26-,30-27-. The Morgan fingerprint density at radius 3 is 1.10 bits per heavy atom. The highest BCUT2D eigenvalue weighted by molar-refractivity contribution is 5.70. The first kappa shape index (κ1) is 65.3. The molecule has 0 amide bonds. The van der Waals surface area contributed by atoms with Gasteiger partial charge in [0.25, 0.3) is 0 Å². The second-order valence-corrected chi connectivity index (χ2v) is 19.5. The molecule has 1 atom stereocenters. The van der Waals surface area contributed by atoms with E-state index in [0.29, 0.717) is 19.4 Å². The molecule has 5 nitrogen and oxygen atoms in total. The van der Waals surface area contributed by atoms with Crippen LogP contribution in [0.2, 0.25) is 0 Å². The van der Waals surface area contributed by atoms with Gasteiger partial charge in [-0.25, -0.2) is 0 Å². The van der Waals surface area contributed by atoms with Crippen molar-refractivity contribution in [3.63, 3.8) is 0 Å². The predicted octanol–water partition coefficient (Wildman–Crippen LogP) is 20.2. The number of rotatable bonds is 54. The zero-order chi connectivity index (χ0) is 49.2. The van der Waals surface area contributed by atoms with E-state index in [-0.39, 0.29) is 25.2 Å². The molecule has 0 aliphatic rings. The Morgan fingerprint density at radius 2 is 0.662 bits per heavy atom. The lowest BCUT2D eigenvalue weighted by Gasteiger charge is -2.18. The maximum Gasteiger partial charge on any atom is 0.306 e. The molecule has 0 fully saturated rings. The summed E-state index contributed by atoms with van der Waals surface area (Å²) in [6, 6.07) is 0. The van der Waals surface area contributed by atoms with E-state index >= 15 is 0 Å². The van der Waals surface area contributed by atoms with Gasteiger partial charge in [0.15, 0.2) is 6.10 Å². The fourth-order valence-electron chi connectivity index (χ4n) is 8.32. The lowest BCUT2D eigenvalue weighted by molar-refractivity contribution is -0.163. The normalized spacial score (nSPS) is 12.7. The van der Waals surface area contributed by atoms with Gasteiger partial charge in [0.05, 0.1) is 6.61 Å². The van der Waals surface area contributed by atoms with E-state index in [1.807, 2.05) is 0 Å². The Hall–Kier alpha value is -2.66. The van der Waals surface area contributed by atoms with Crippen LogP contribution in [0.25, 0.3) is 0 Å². The molecule has 0 N–H and O–H groups in total. The number of unbranched alkanes of at least 4 members (excludes halogenated alkanes) is 31. The second-order valence-electron chi connectivity index (χ2n) is 19.5. The van der Waals surface area contributed by atoms with Gasteiger partial charge < -0.3 is 14.2 Å². The van der Waals surface area contributed by atoms with Gasteiger partial charge in [-0.15, -0.1) is 0 Å². The SMILES string of the molecule is CC/C=C\C/C=C\C/C=C\CCCCCCCCOCC(COC(=O)CCCCCCCCCCC/C=C\C/C=C\CCCCC)OC(=O)CCCCCCCCC/C=C\CCCCCCCC. The van der Waals surface area contributed by atoms with Crippen molar-refractivity contribution in [3.05, 3.63) is 72.9 Å². The predicted molar refractivity (Wildman–Crippen MR) is 297 cm³/mol. The van der Waals surface area contributed by atoms with Crippen molar-refractivity contribution in [2.75, 3.05) is 19.8 Å². The zero-order valence-corrected chi connectivity index (χ0v) is 45.4. The van der Waals surface area contributed by atoms with E-state index in [9.17, 15) is 9.59 Å². The van der Waals surface area contributed by atoms with Crippen LogP contribution >= 0.6 is 0 Å². The first-order chi connectivity index (χ1) is 33.6. The molecule has 1 unspecified atom stereocenters. The van der Waals surface area contributed by atoms with Crippen molar-refractivity contribution < 1.29 is 23.8 Å². The molecule has 5 heteroatoms. The van der Waals surface area contributed by atoms with Crippen molar-refractivity contribution in [2.24, 2.45) is 0 Å².